The molecule has 34 heavy (non-hydrogen) atoms. The second kappa shape index (κ2) is 8.96. The molecule has 1 aliphatic carbocycles. The number of aromatic nitrogens is 3. The van der Waals surface area contributed by atoms with Crippen LogP contribution in [0.1, 0.15) is 73.6 Å². The fraction of sp³-hybridized carbons (Fsp3) is 0.458. The summed E-state index contributed by atoms with van der Waals surface area (Å²) in [7, 11) is 1.59. The number of benzene rings is 1. The molecule has 1 N–H and O–H groups in total. The van der Waals surface area contributed by atoms with Gasteiger partial charge in [0.2, 0.25) is 5.92 Å². The van der Waals surface area contributed by atoms with Crippen LogP contribution in [0.25, 0.3) is 10.9 Å². The first-order valence-corrected chi connectivity index (χ1v) is 11.1. The number of fused-ring (bicyclic) bond motifs is 1. The number of anilines is 1. The number of halogens is 5. The first-order valence-electron chi connectivity index (χ1n) is 11.1. The Morgan fingerprint density at radius 2 is 1.79 bits per heavy atom. The number of hydrogen-bond donors (Lipinski definition) is 1. The normalized spacial score (nSPS) is 17.3. The summed E-state index contributed by atoms with van der Waals surface area (Å²) in [6.45, 7) is 3.20. The van der Waals surface area contributed by atoms with Gasteiger partial charge < -0.3 is 9.88 Å². The largest absolute Gasteiger partial charge is 0.363 e. The lowest BCUT2D eigenvalue weighted by Gasteiger charge is -2.29. The molecular formula is C24H25F5N4O. The summed E-state index contributed by atoms with van der Waals surface area (Å²) < 4.78 is 69.8. The zero-order chi connectivity index (χ0) is 24.8. The summed E-state index contributed by atoms with van der Waals surface area (Å²) in [6.07, 6.45) is -2.98. The summed E-state index contributed by atoms with van der Waals surface area (Å²) in [5.41, 5.74) is -0.323. The minimum atomic E-state index is -2.96. The Morgan fingerprint density at radius 1 is 1.15 bits per heavy atom. The number of rotatable bonds is 5. The predicted molar refractivity (Wildman–Crippen MR) is 119 cm³/mol. The van der Waals surface area contributed by atoms with Crippen molar-refractivity contribution in [2.24, 2.45) is 7.05 Å². The van der Waals surface area contributed by atoms with Crippen LogP contribution in [-0.2, 0) is 7.05 Å². The van der Waals surface area contributed by atoms with E-state index in [-0.39, 0.29) is 48.5 Å². The molecule has 182 valence electrons. The van der Waals surface area contributed by atoms with Crippen LogP contribution >= 0.6 is 0 Å². The van der Waals surface area contributed by atoms with Crippen LogP contribution in [0.15, 0.2) is 29.1 Å². The zero-order valence-corrected chi connectivity index (χ0v) is 19.0. The van der Waals surface area contributed by atoms with Crippen LogP contribution in [0.5, 0.6) is 0 Å². The van der Waals surface area contributed by atoms with Crippen LogP contribution in [0.4, 0.5) is 27.8 Å². The van der Waals surface area contributed by atoms with Crippen molar-refractivity contribution in [3.05, 3.63) is 63.1 Å². The summed E-state index contributed by atoms with van der Waals surface area (Å²) in [5.74, 6) is -3.39. The summed E-state index contributed by atoms with van der Waals surface area (Å²) in [6, 6.07) is 4.75. The van der Waals surface area contributed by atoms with Crippen molar-refractivity contribution in [1.29, 1.82) is 0 Å². The van der Waals surface area contributed by atoms with Gasteiger partial charge in [-0.15, -0.1) is 0 Å². The van der Waals surface area contributed by atoms with E-state index < -0.39 is 35.3 Å². The highest BCUT2D eigenvalue weighted by Crippen LogP contribution is 2.41. The van der Waals surface area contributed by atoms with Crippen molar-refractivity contribution in [2.45, 2.75) is 63.8 Å². The smallest absolute Gasteiger partial charge is 0.277 e. The van der Waals surface area contributed by atoms with Crippen molar-refractivity contribution in [1.82, 2.24) is 14.5 Å². The molecular weight excluding hydrogens is 455 g/mol. The van der Waals surface area contributed by atoms with Crippen molar-refractivity contribution in [3.8, 4) is 0 Å². The number of nitrogens with one attached hydrogen (secondary N) is 1. The highest BCUT2D eigenvalue weighted by Gasteiger charge is 2.36. The second-order valence-corrected chi connectivity index (χ2v) is 8.86. The third kappa shape index (κ3) is 4.50. The SMILES string of the molecule is Cc1nc(N[C@H](C)c2cccc(C(F)F)c2F)c2cc(C3CCC(F)(F)CC3)n(C)c(=O)c2n1. The molecule has 0 amide bonds. The topological polar surface area (TPSA) is 59.8 Å². The quantitative estimate of drug-likeness (QED) is 0.443. The maximum absolute atomic E-state index is 14.7. The first kappa shape index (κ1) is 24.1. The Kier molecular flexibility index (Phi) is 6.35. The van der Waals surface area contributed by atoms with Gasteiger partial charge in [0, 0.05) is 31.1 Å². The Hall–Kier alpha value is -3.04. The van der Waals surface area contributed by atoms with E-state index >= 15 is 0 Å². The van der Waals surface area contributed by atoms with Gasteiger partial charge in [0.05, 0.1) is 17.0 Å². The standard InChI is InChI=1S/C24H25F5N4O/c1-12(15-5-4-6-16(19(15)25)21(26)27)30-22-17-11-18(14-7-9-24(28,29)10-8-14)33(3)23(34)20(17)31-13(2)32-22/h4-6,11-12,14,21H,7-10H2,1-3H3,(H,30,31,32)/t12-/m1/s1. The summed E-state index contributed by atoms with van der Waals surface area (Å²) >= 11 is 0. The summed E-state index contributed by atoms with van der Waals surface area (Å²) in [4.78, 5) is 21.7. The van der Waals surface area contributed by atoms with E-state index in [1.165, 1.54) is 16.7 Å². The second-order valence-electron chi connectivity index (χ2n) is 8.86. The van der Waals surface area contributed by atoms with Crippen LogP contribution in [-0.4, -0.2) is 20.5 Å². The monoisotopic (exact) mass is 480 g/mol. The average Bonchev–Trinajstić information content (AvgIpc) is 2.76. The number of hydrogen-bond acceptors (Lipinski definition) is 4. The van der Waals surface area contributed by atoms with Crippen molar-refractivity contribution in [2.75, 3.05) is 5.32 Å². The van der Waals surface area contributed by atoms with Gasteiger partial charge in [0.15, 0.2) is 0 Å². The maximum Gasteiger partial charge on any atom is 0.277 e. The number of pyridine rings is 1. The molecule has 2 heterocycles. The molecule has 0 bridgehead atoms. The van der Waals surface area contributed by atoms with Crippen LogP contribution < -0.4 is 10.9 Å². The first-order chi connectivity index (χ1) is 16.0. The van der Waals surface area contributed by atoms with Crippen molar-refractivity contribution < 1.29 is 22.0 Å². The van der Waals surface area contributed by atoms with Crippen LogP contribution in [0.2, 0.25) is 0 Å². The molecule has 0 spiro atoms. The van der Waals surface area contributed by atoms with Gasteiger partial charge in [0.1, 0.15) is 23.0 Å². The van der Waals surface area contributed by atoms with Crippen LogP contribution in [0, 0.1) is 12.7 Å². The van der Waals surface area contributed by atoms with Crippen LogP contribution in [0.3, 0.4) is 0 Å². The molecule has 1 atom stereocenters. The van der Waals surface area contributed by atoms with Gasteiger partial charge in [0.25, 0.3) is 12.0 Å². The predicted octanol–water partition coefficient (Wildman–Crippen LogP) is 6.18. The lowest BCUT2D eigenvalue weighted by atomic mass is 9.84. The minimum absolute atomic E-state index is 0.0285. The lowest BCUT2D eigenvalue weighted by Crippen LogP contribution is -2.28. The van der Waals surface area contributed by atoms with E-state index in [2.05, 4.69) is 15.3 Å². The van der Waals surface area contributed by atoms with Gasteiger partial charge in [-0.1, -0.05) is 18.2 Å². The molecule has 5 nitrogen and oxygen atoms in total. The van der Waals surface area contributed by atoms with Gasteiger partial charge in [-0.25, -0.2) is 31.9 Å². The molecule has 1 aromatic carbocycles. The number of nitrogens with zero attached hydrogens (tertiary/aromatic N) is 3. The highest BCUT2D eigenvalue weighted by atomic mass is 19.3. The average molecular weight is 480 g/mol. The molecule has 0 aliphatic heterocycles. The van der Waals surface area contributed by atoms with Gasteiger partial charge in [-0.2, -0.15) is 0 Å². The van der Waals surface area contributed by atoms with E-state index in [4.69, 9.17) is 0 Å². The highest BCUT2D eigenvalue weighted by molar-refractivity contribution is 5.89. The fourth-order valence-electron chi connectivity index (χ4n) is 4.59. The van der Waals surface area contributed by atoms with Crippen molar-refractivity contribution >= 4 is 16.7 Å². The number of aryl methyl sites for hydroxylation is 1. The van der Waals surface area contributed by atoms with E-state index in [0.29, 0.717) is 16.9 Å². The molecule has 1 aliphatic rings. The molecule has 2 aromatic heterocycles. The third-order valence-corrected chi connectivity index (χ3v) is 6.49. The van der Waals surface area contributed by atoms with Gasteiger partial charge >= 0.3 is 0 Å². The van der Waals surface area contributed by atoms with E-state index in [9.17, 15) is 26.7 Å². The Labute approximate surface area is 193 Å². The van der Waals surface area contributed by atoms with E-state index in [0.717, 1.165) is 6.07 Å². The fourth-order valence-corrected chi connectivity index (χ4v) is 4.59. The van der Waals surface area contributed by atoms with Crippen molar-refractivity contribution in [3.63, 3.8) is 0 Å². The van der Waals surface area contributed by atoms with Gasteiger partial charge in [-0.3, -0.25) is 4.79 Å². The molecule has 0 radical (unpaired) electrons. The minimum Gasteiger partial charge on any atom is -0.363 e. The molecule has 0 unspecified atom stereocenters. The van der Waals surface area contributed by atoms with E-state index in [1.807, 2.05) is 0 Å². The molecule has 1 saturated carbocycles. The molecule has 4 rings (SSSR count). The molecule has 1 fully saturated rings. The third-order valence-electron chi connectivity index (χ3n) is 6.49. The molecule has 3 aromatic rings. The molecule has 10 heteroatoms. The van der Waals surface area contributed by atoms with E-state index in [1.54, 1.807) is 27.0 Å². The lowest BCUT2D eigenvalue weighted by molar-refractivity contribution is -0.0387. The van der Waals surface area contributed by atoms with Gasteiger partial charge in [-0.05, 0) is 38.7 Å². The molecule has 0 saturated heterocycles. The Bertz CT molecular complexity index is 1280. The Morgan fingerprint density at radius 3 is 2.44 bits per heavy atom. The number of alkyl halides is 4. The maximum atomic E-state index is 14.7. The zero-order valence-electron chi connectivity index (χ0n) is 19.0. The summed E-state index contributed by atoms with van der Waals surface area (Å²) in [5, 5.41) is 3.41. The Balaban J connectivity index is 1.77.